The average Bonchev–Trinajstić information content (AvgIpc) is 2.68. The number of hydrogen-bond donors (Lipinski definition) is 0. The van der Waals surface area contributed by atoms with Gasteiger partial charge in [-0.15, -0.1) is 0 Å². The van der Waals surface area contributed by atoms with Gasteiger partial charge in [0.1, 0.15) is 6.10 Å². The first-order valence-corrected chi connectivity index (χ1v) is 5.09. The molecule has 0 aromatic carbocycles. The molecule has 0 aliphatic carbocycles. The summed E-state index contributed by atoms with van der Waals surface area (Å²) >= 11 is 0. The molecule has 1 amide bonds. The average molecular weight is 206 g/mol. The highest BCUT2D eigenvalue weighted by molar-refractivity contribution is 5.73. The molecule has 1 fully saturated rings. The van der Waals surface area contributed by atoms with Gasteiger partial charge in [-0.05, 0) is 6.07 Å². The lowest BCUT2D eigenvalue weighted by molar-refractivity contribution is -0.128. The number of hydrogen-bond acceptors (Lipinski definition) is 3. The van der Waals surface area contributed by atoms with Gasteiger partial charge >= 0.3 is 0 Å². The Bertz CT molecular complexity index is 340. The molecule has 4 heteroatoms. The summed E-state index contributed by atoms with van der Waals surface area (Å²) < 4.78 is 5.65. The third-order valence-electron chi connectivity index (χ3n) is 2.52. The molecule has 1 aliphatic heterocycles. The minimum absolute atomic E-state index is 0.0869. The van der Waals surface area contributed by atoms with Crippen LogP contribution in [0.3, 0.4) is 0 Å². The van der Waals surface area contributed by atoms with E-state index in [1.165, 1.54) is 0 Å². The second kappa shape index (κ2) is 4.29. The Kier molecular flexibility index (Phi) is 2.85. The van der Waals surface area contributed by atoms with E-state index in [-0.39, 0.29) is 12.0 Å². The zero-order valence-corrected chi connectivity index (χ0v) is 8.72. The van der Waals surface area contributed by atoms with Crippen LogP contribution in [0.1, 0.15) is 13.3 Å². The predicted octanol–water partition coefficient (Wildman–Crippen LogP) is 1.08. The molecule has 0 spiro atoms. The van der Waals surface area contributed by atoms with Crippen molar-refractivity contribution in [3.05, 3.63) is 24.4 Å². The van der Waals surface area contributed by atoms with Crippen LogP contribution in [0.15, 0.2) is 24.4 Å². The Morgan fingerprint density at radius 3 is 3.07 bits per heavy atom. The molecule has 0 N–H and O–H groups in total. The van der Waals surface area contributed by atoms with Crippen LogP contribution in [0, 0.1) is 0 Å². The van der Waals surface area contributed by atoms with Gasteiger partial charge in [0.05, 0.1) is 6.54 Å². The van der Waals surface area contributed by atoms with Crippen molar-refractivity contribution in [2.45, 2.75) is 19.4 Å². The summed E-state index contributed by atoms with van der Waals surface area (Å²) in [6.45, 7) is 3.04. The third-order valence-corrected chi connectivity index (χ3v) is 2.52. The summed E-state index contributed by atoms with van der Waals surface area (Å²) in [7, 11) is 0. The fourth-order valence-corrected chi connectivity index (χ4v) is 1.70. The first kappa shape index (κ1) is 9.96. The minimum Gasteiger partial charge on any atom is -0.472 e. The van der Waals surface area contributed by atoms with E-state index in [1.807, 2.05) is 18.2 Å². The first-order chi connectivity index (χ1) is 7.25. The van der Waals surface area contributed by atoms with E-state index >= 15 is 0 Å². The lowest BCUT2D eigenvalue weighted by Crippen LogP contribution is -2.28. The highest BCUT2D eigenvalue weighted by atomic mass is 16.5. The van der Waals surface area contributed by atoms with Crippen LogP contribution in [0.2, 0.25) is 0 Å². The summed E-state index contributed by atoms with van der Waals surface area (Å²) in [5, 5.41) is 0. The number of rotatable bonds is 2. The maximum absolute atomic E-state index is 11.1. The molecule has 1 saturated heterocycles. The van der Waals surface area contributed by atoms with E-state index in [1.54, 1.807) is 18.0 Å². The van der Waals surface area contributed by atoms with Crippen LogP contribution in [-0.4, -0.2) is 35.0 Å². The second-order valence-electron chi connectivity index (χ2n) is 3.66. The number of amides is 1. The Balaban J connectivity index is 1.90. The number of carbonyl (C=O) groups excluding carboxylic acids is 1. The van der Waals surface area contributed by atoms with Crippen LogP contribution >= 0.6 is 0 Å². The molecule has 1 aromatic rings. The van der Waals surface area contributed by atoms with Crippen molar-refractivity contribution < 1.29 is 9.53 Å². The van der Waals surface area contributed by atoms with Gasteiger partial charge in [-0.2, -0.15) is 0 Å². The van der Waals surface area contributed by atoms with Gasteiger partial charge in [0.2, 0.25) is 11.8 Å². The van der Waals surface area contributed by atoms with E-state index in [9.17, 15) is 4.79 Å². The van der Waals surface area contributed by atoms with Gasteiger partial charge in [-0.3, -0.25) is 4.79 Å². The lowest BCUT2D eigenvalue weighted by Gasteiger charge is -2.14. The van der Waals surface area contributed by atoms with Crippen molar-refractivity contribution in [3.8, 4) is 5.88 Å². The van der Waals surface area contributed by atoms with Gasteiger partial charge in [0.15, 0.2) is 0 Å². The number of aromatic nitrogens is 1. The zero-order chi connectivity index (χ0) is 10.7. The van der Waals surface area contributed by atoms with E-state index in [2.05, 4.69) is 4.98 Å². The lowest BCUT2D eigenvalue weighted by atomic mass is 10.3. The van der Waals surface area contributed by atoms with Crippen molar-refractivity contribution in [3.63, 3.8) is 0 Å². The standard InChI is InChI=1S/C11H14N2O2/c1-9(14)13-7-5-10(8-13)15-11-4-2-3-6-12-11/h2-4,6,10H,5,7-8H2,1H3. The molecule has 1 unspecified atom stereocenters. The highest BCUT2D eigenvalue weighted by Crippen LogP contribution is 2.15. The first-order valence-electron chi connectivity index (χ1n) is 5.09. The Hall–Kier alpha value is -1.58. The Labute approximate surface area is 88.9 Å². The molecule has 1 atom stereocenters. The van der Waals surface area contributed by atoms with E-state index in [4.69, 9.17) is 4.74 Å². The number of nitrogens with zero attached hydrogens (tertiary/aromatic N) is 2. The van der Waals surface area contributed by atoms with E-state index < -0.39 is 0 Å². The van der Waals surface area contributed by atoms with Crippen molar-refractivity contribution in [1.29, 1.82) is 0 Å². The number of carbonyl (C=O) groups is 1. The fraction of sp³-hybridized carbons (Fsp3) is 0.455. The molecule has 1 aliphatic rings. The number of pyridine rings is 1. The monoisotopic (exact) mass is 206 g/mol. The zero-order valence-electron chi connectivity index (χ0n) is 8.72. The van der Waals surface area contributed by atoms with Gasteiger partial charge in [0, 0.05) is 32.2 Å². The minimum atomic E-state index is 0.0869. The normalized spacial score (nSPS) is 20.3. The molecular weight excluding hydrogens is 192 g/mol. The maximum atomic E-state index is 11.1. The summed E-state index contributed by atoms with van der Waals surface area (Å²) in [6, 6.07) is 5.57. The predicted molar refractivity (Wildman–Crippen MR) is 55.5 cm³/mol. The quantitative estimate of drug-likeness (QED) is 0.727. The van der Waals surface area contributed by atoms with E-state index in [0.717, 1.165) is 13.0 Å². The van der Waals surface area contributed by atoms with Gasteiger partial charge in [0.25, 0.3) is 0 Å². The molecule has 0 bridgehead atoms. The maximum Gasteiger partial charge on any atom is 0.219 e. The van der Waals surface area contributed by atoms with Gasteiger partial charge in [-0.1, -0.05) is 6.07 Å². The second-order valence-corrected chi connectivity index (χ2v) is 3.66. The van der Waals surface area contributed by atoms with E-state index in [0.29, 0.717) is 12.4 Å². The molecule has 2 rings (SSSR count). The summed E-state index contributed by atoms with van der Waals surface area (Å²) in [5.41, 5.74) is 0. The SMILES string of the molecule is CC(=O)N1CCC(Oc2ccccn2)C1. The van der Waals surface area contributed by atoms with Crippen molar-refractivity contribution >= 4 is 5.91 Å². The van der Waals surface area contributed by atoms with Crippen LogP contribution in [-0.2, 0) is 4.79 Å². The topological polar surface area (TPSA) is 42.4 Å². The van der Waals surface area contributed by atoms with Crippen LogP contribution in [0.5, 0.6) is 5.88 Å². The van der Waals surface area contributed by atoms with Crippen molar-refractivity contribution in [1.82, 2.24) is 9.88 Å². The van der Waals surface area contributed by atoms with Crippen LogP contribution in [0.4, 0.5) is 0 Å². The molecular formula is C11H14N2O2. The number of likely N-dealkylation sites (tertiary alicyclic amines) is 1. The van der Waals surface area contributed by atoms with Gasteiger partial charge in [-0.25, -0.2) is 4.98 Å². The third kappa shape index (κ3) is 2.46. The Morgan fingerprint density at radius 2 is 2.47 bits per heavy atom. The smallest absolute Gasteiger partial charge is 0.219 e. The molecule has 1 aromatic heterocycles. The molecule has 0 radical (unpaired) electrons. The summed E-state index contributed by atoms with van der Waals surface area (Å²) in [6.07, 6.45) is 2.67. The fourth-order valence-electron chi connectivity index (χ4n) is 1.70. The van der Waals surface area contributed by atoms with Crippen LogP contribution in [0.25, 0.3) is 0 Å². The largest absolute Gasteiger partial charge is 0.472 e. The van der Waals surface area contributed by atoms with Gasteiger partial charge < -0.3 is 9.64 Å². The number of ether oxygens (including phenoxy) is 1. The molecule has 0 saturated carbocycles. The highest BCUT2D eigenvalue weighted by Gasteiger charge is 2.25. The molecule has 80 valence electrons. The van der Waals surface area contributed by atoms with Crippen molar-refractivity contribution in [2.75, 3.05) is 13.1 Å². The summed E-state index contributed by atoms with van der Waals surface area (Å²) in [5.74, 6) is 0.745. The Morgan fingerprint density at radius 1 is 1.60 bits per heavy atom. The summed E-state index contributed by atoms with van der Waals surface area (Å²) in [4.78, 5) is 17.0. The van der Waals surface area contributed by atoms with Crippen molar-refractivity contribution in [2.24, 2.45) is 0 Å². The van der Waals surface area contributed by atoms with Crippen LogP contribution < -0.4 is 4.74 Å². The molecule has 15 heavy (non-hydrogen) atoms. The molecule has 2 heterocycles. The molecule has 4 nitrogen and oxygen atoms in total.